The van der Waals surface area contributed by atoms with Crippen molar-refractivity contribution in [3.05, 3.63) is 63.5 Å². The quantitative estimate of drug-likeness (QED) is 0.644. The molecule has 1 aliphatic carbocycles. The molecule has 4 rings (SSSR count). The lowest BCUT2D eigenvalue weighted by Gasteiger charge is -2.37. The number of rotatable bonds is 1. The summed E-state index contributed by atoms with van der Waals surface area (Å²) in [5.74, 6) is -0.233. The summed E-state index contributed by atoms with van der Waals surface area (Å²) in [4.78, 5) is 32.1. The van der Waals surface area contributed by atoms with Crippen LogP contribution in [0.3, 0.4) is 0 Å². The van der Waals surface area contributed by atoms with E-state index in [-0.39, 0.29) is 17.1 Å². The lowest BCUT2D eigenvalue weighted by atomic mass is 9.73. The van der Waals surface area contributed by atoms with Gasteiger partial charge >= 0.3 is 0 Å². The number of benzene rings is 1. The highest BCUT2D eigenvalue weighted by atomic mass is 35.5. The van der Waals surface area contributed by atoms with Crippen molar-refractivity contribution in [2.24, 2.45) is 5.41 Å². The van der Waals surface area contributed by atoms with Gasteiger partial charge in [-0.25, -0.2) is 0 Å². The number of anilines is 2. The van der Waals surface area contributed by atoms with E-state index >= 15 is 0 Å². The average Bonchev–Trinajstić information content (AvgIpc) is 2.74. The molecule has 1 aromatic carbocycles. The molecular formula is C22H21Cl2N3O2. The van der Waals surface area contributed by atoms with Crippen LogP contribution in [0, 0.1) is 5.41 Å². The van der Waals surface area contributed by atoms with Gasteiger partial charge in [0, 0.05) is 46.4 Å². The van der Waals surface area contributed by atoms with E-state index in [9.17, 15) is 9.59 Å². The van der Waals surface area contributed by atoms with Crippen LogP contribution in [-0.4, -0.2) is 16.7 Å². The zero-order chi connectivity index (χ0) is 20.9. The van der Waals surface area contributed by atoms with Gasteiger partial charge in [-0.05, 0) is 30.0 Å². The molecule has 2 aliphatic rings. The van der Waals surface area contributed by atoms with E-state index in [1.807, 2.05) is 0 Å². The number of halogens is 2. The largest absolute Gasteiger partial charge is 0.356 e. The van der Waals surface area contributed by atoms with Gasteiger partial charge in [-0.1, -0.05) is 43.1 Å². The Labute approximate surface area is 179 Å². The van der Waals surface area contributed by atoms with Gasteiger partial charge in [0.15, 0.2) is 5.78 Å². The van der Waals surface area contributed by atoms with Crippen LogP contribution < -0.4 is 10.2 Å². The topological polar surface area (TPSA) is 62.3 Å². The van der Waals surface area contributed by atoms with E-state index in [2.05, 4.69) is 24.1 Å². The summed E-state index contributed by atoms with van der Waals surface area (Å²) in [7, 11) is 0. The Morgan fingerprint density at radius 1 is 1.21 bits per heavy atom. The van der Waals surface area contributed by atoms with Crippen LogP contribution >= 0.6 is 23.2 Å². The van der Waals surface area contributed by atoms with Gasteiger partial charge in [0.25, 0.3) is 0 Å². The van der Waals surface area contributed by atoms with Crippen LogP contribution in [0.15, 0.2) is 47.9 Å². The summed E-state index contributed by atoms with van der Waals surface area (Å²) in [6.45, 7) is 5.60. The van der Waals surface area contributed by atoms with E-state index in [1.165, 1.54) is 6.92 Å². The van der Waals surface area contributed by atoms with Gasteiger partial charge in [-0.15, -0.1) is 0 Å². The maximum atomic E-state index is 13.4. The molecular weight excluding hydrogens is 409 g/mol. The molecule has 2 heterocycles. The number of hydrogen-bond acceptors (Lipinski definition) is 4. The Bertz CT molecular complexity index is 1040. The van der Waals surface area contributed by atoms with Crippen molar-refractivity contribution in [3.8, 4) is 0 Å². The highest BCUT2D eigenvalue weighted by molar-refractivity contribution is 6.36. The number of pyridine rings is 1. The summed E-state index contributed by atoms with van der Waals surface area (Å²) >= 11 is 13.1. The third-order valence-corrected chi connectivity index (χ3v) is 6.07. The summed E-state index contributed by atoms with van der Waals surface area (Å²) in [5.41, 5.74) is 2.97. The fourth-order valence-electron chi connectivity index (χ4n) is 4.28. The first-order chi connectivity index (χ1) is 13.7. The number of hydrogen-bond donors (Lipinski definition) is 1. The Morgan fingerprint density at radius 3 is 2.55 bits per heavy atom. The molecule has 1 amide bonds. The molecule has 0 saturated carbocycles. The van der Waals surface area contributed by atoms with E-state index in [0.717, 1.165) is 5.70 Å². The van der Waals surface area contributed by atoms with Crippen LogP contribution in [0.5, 0.6) is 0 Å². The Morgan fingerprint density at radius 2 is 1.90 bits per heavy atom. The number of aromatic nitrogens is 1. The predicted molar refractivity (Wildman–Crippen MR) is 115 cm³/mol. The summed E-state index contributed by atoms with van der Waals surface area (Å²) in [5, 5.41) is 4.21. The molecule has 5 nitrogen and oxygen atoms in total. The molecule has 0 saturated heterocycles. The van der Waals surface area contributed by atoms with Crippen LogP contribution in [0.1, 0.15) is 45.2 Å². The smallest absolute Gasteiger partial charge is 0.224 e. The van der Waals surface area contributed by atoms with Gasteiger partial charge in [0.2, 0.25) is 5.91 Å². The highest BCUT2D eigenvalue weighted by Gasteiger charge is 2.43. The second kappa shape index (κ2) is 7.15. The normalized spacial score (nSPS) is 20.5. The summed E-state index contributed by atoms with van der Waals surface area (Å²) in [6.07, 6.45) is 4.33. The molecule has 150 valence electrons. The SMILES string of the molecule is CC(=O)N1c2ccncc2NC2=C(C(=O)CC(C)(C)C2)C1c1c(Cl)cccc1Cl. The van der Waals surface area contributed by atoms with Gasteiger partial charge < -0.3 is 5.32 Å². The van der Waals surface area contributed by atoms with E-state index in [0.29, 0.717) is 45.4 Å². The molecule has 1 aromatic heterocycles. The van der Waals surface area contributed by atoms with Crippen molar-refractivity contribution in [1.82, 2.24) is 4.98 Å². The van der Waals surface area contributed by atoms with Crippen LogP contribution in [-0.2, 0) is 9.59 Å². The van der Waals surface area contributed by atoms with E-state index in [1.54, 1.807) is 41.6 Å². The number of carbonyl (C=O) groups excluding carboxylic acids is 2. The molecule has 29 heavy (non-hydrogen) atoms. The van der Waals surface area contributed by atoms with Crippen LogP contribution in [0.4, 0.5) is 11.4 Å². The predicted octanol–water partition coefficient (Wildman–Crippen LogP) is 5.55. The lowest BCUT2D eigenvalue weighted by molar-refractivity contribution is -0.118. The molecule has 7 heteroatoms. The number of nitrogens with one attached hydrogen (secondary N) is 1. The molecule has 0 radical (unpaired) electrons. The standard InChI is InChI=1S/C22H21Cl2N3O2/c1-12(28)27-17-7-8-25-11-16(17)26-15-9-22(2,3)10-18(29)20(15)21(27)19-13(23)5-4-6-14(19)24/h4-8,11,21,26H,9-10H2,1-3H3. The molecule has 1 atom stereocenters. The number of nitrogens with zero attached hydrogens (tertiary/aromatic N) is 2. The zero-order valence-corrected chi connectivity index (χ0v) is 17.9. The summed E-state index contributed by atoms with van der Waals surface area (Å²) in [6, 6.07) is 6.24. The number of ketones is 1. The molecule has 2 aromatic rings. The molecule has 0 spiro atoms. The van der Waals surface area contributed by atoms with Crippen molar-refractivity contribution < 1.29 is 9.59 Å². The first-order valence-corrected chi connectivity index (χ1v) is 10.2. The minimum absolute atomic E-state index is 0.0169. The lowest BCUT2D eigenvalue weighted by Crippen LogP contribution is -2.38. The Hall–Kier alpha value is -2.37. The molecule has 1 aliphatic heterocycles. The molecule has 1 unspecified atom stereocenters. The van der Waals surface area contributed by atoms with Crippen molar-refractivity contribution in [2.45, 2.75) is 39.7 Å². The van der Waals surface area contributed by atoms with Crippen molar-refractivity contribution in [2.75, 3.05) is 10.2 Å². The van der Waals surface area contributed by atoms with Gasteiger partial charge in [-0.2, -0.15) is 0 Å². The average molecular weight is 430 g/mol. The number of fused-ring (bicyclic) bond motifs is 1. The highest BCUT2D eigenvalue weighted by Crippen LogP contribution is 2.50. The number of Topliss-reactive ketones (excluding diaryl/α,β-unsaturated/α-hetero) is 1. The summed E-state index contributed by atoms with van der Waals surface area (Å²) < 4.78 is 0. The van der Waals surface area contributed by atoms with Crippen LogP contribution in [0.25, 0.3) is 0 Å². The monoisotopic (exact) mass is 429 g/mol. The first-order valence-electron chi connectivity index (χ1n) is 9.40. The first kappa shape index (κ1) is 19.9. The number of allylic oxidation sites excluding steroid dienone is 1. The minimum atomic E-state index is -0.719. The maximum Gasteiger partial charge on any atom is 0.224 e. The Balaban J connectivity index is 2.07. The van der Waals surface area contributed by atoms with Gasteiger partial charge in [0.05, 0.1) is 23.6 Å². The third-order valence-electron chi connectivity index (χ3n) is 5.41. The second-order valence-electron chi connectivity index (χ2n) is 8.28. The van der Waals surface area contributed by atoms with Gasteiger partial charge in [0.1, 0.15) is 0 Å². The number of amides is 1. The minimum Gasteiger partial charge on any atom is -0.356 e. The van der Waals surface area contributed by atoms with E-state index in [4.69, 9.17) is 23.2 Å². The third kappa shape index (κ3) is 3.43. The van der Waals surface area contributed by atoms with E-state index < -0.39 is 6.04 Å². The van der Waals surface area contributed by atoms with Crippen LogP contribution in [0.2, 0.25) is 10.0 Å². The van der Waals surface area contributed by atoms with Crippen molar-refractivity contribution in [1.29, 1.82) is 0 Å². The fourth-order valence-corrected chi connectivity index (χ4v) is 4.89. The maximum absolute atomic E-state index is 13.4. The van der Waals surface area contributed by atoms with Gasteiger partial charge in [-0.3, -0.25) is 19.5 Å². The number of carbonyl (C=O) groups is 2. The molecule has 0 fully saturated rings. The van der Waals surface area contributed by atoms with Crippen molar-refractivity contribution in [3.63, 3.8) is 0 Å². The molecule has 1 N–H and O–H groups in total. The fraction of sp³-hybridized carbons (Fsp3) is 0.318. The molecule has 0 bridgehead atoms. The zero-order valence-electron chi connectivity index (χ0n) is 16.4. The van der Waals surface area contributed by atoms with Crippen molar-refractivity contribution >= 4 is 46.3 Å². The Kier molecular flexibility index (Phi) is 4.91. The second-order valence-corrected chi connectivity index (χ2v) is 9.09.